The molecule has 0 radical (unpaired) electrons. The fourth-order valence-corrected chi connectivity index (χ4v) is 6.25. The van der Waals surface area contributed by atoms with E-state index in [9.17, 15) is 4.79 Å². The highest BCUT2D eigenvalue weighted by Gasteiger charge is 2.37. The third-order valence-corrected chi connectivity index (χ3v) is 8.51. The number of methoxy groups -OCH3 is 2. The summed E-state index contributed by atoms with van der Waals surface area (Å²) in [7, 11) is 3.41. The van der Waals surface area contributed by atoms with E-state index in [0.717, 1.165) is 73.8 Å². The number of nitrogens with one attached hydrogen (secondary N) is 1. The van der Waals surface area contributed by atoms with E-state index in [-0.39, 0.29) is 36.7 Å². The quantitative estimate of drug-likeness (QED) is 0.390. The van der Waals surface area contributed by atoms with Crippen molar-refractivity contribution in [2.24, 2.45) is 0 Å². The maximum atomic E-state index is 13.0. The predicted octanol–water partition coefficient (Wildman–Crippen LogP) is 3.60. The molecular weight excluding hydrogens is 522 g/mol. The minimum absolute atomic E-state index is 0.0301. The van der Waals surface area contributed by atoms with Gasteiger partial charge in [-0.1, -0.05) is 18.2 Å². The van der Waals surface area contributed by atoms with Gasteiger partial charge < -0.3 is 38.8 Å². The molecule has 2 aromatic carbocycles. The van der Waals surface area contributed by atoms with Crippen molar-refractivity contribution >= 4 is 11.6 Å². The summed E-state index contributed by atoms with van der Waals surface area (Å²) in [5.41, 5.74) is 3.32. The number of fused-ring (bicyclic) bond motifs is 1. The first-order valence-corrected chi connectivity index (χ1v) is 14.9. The van der Waals surface area contributed by atoms with Crippen LogP contribution < -0.4 is 19.7 Å². The molecule has 0 saturated carbocycles. The molecule has 4 atom stereocenters. The van der Waals surface area contributed by atoms with E-state index in [2.05, 4.69) is 41.4 Å². The Balaban J connectivity index is 1.29. The van der Waals surface area contributed by atoms with Crippen LogP contribution in [0.25, 0.3) is 0 Å². The first kappa shape index (κ1) is 29.6. The van der Waals surface area contributed by atoms with Gasteiger partial charge >= 0.3 is 0 Å². The standard InChI is InChI=1S/C32H45N3O6/c1-23-6-4-14-35(23)31(36)22-41-30-20-33-19-29(32(30)25-8-10-26(38-3)11-9-25)40-21-24-7-12-28-27(18-24)34(15-17-39-28)13-5-16-37-2/h7-12,18,23,29-30,32-33H,4-6,13-17,19-22H2,1-3H3/t23-,29+,30-,32-/m1/s1. The van der Waals surface area contributed by atoms with Crippen LogP contribution in [0.5, 0.6) is 11.5 Å². The molecule has 3 aliphatic heterocycles. The summed E-state index contributed by atoms with van der Waals surface area (Å²) in [4.78, 5) is 17.3. The second-order valence-electron chi connectivity index (χ2n) is 11.2. The molecule has 5 rings (SSSR count). The van der Waals surface area contributed by atoms with Gasteiger partial charge in [0.05, 0.1) is 38.2 Å². The molecule has 9 heteroatoms. The molecule has 0 unspecified atom stereocenters. The largest absolute Gasteiger partial charge is 0.497 e. The van der Waals surface area contributed by atoms with E-state index in [1.54, 1.807) is 14.2 Å². The number of anilines is 1. The molecule has 2 aromatic rings. The smallest absolute Gasteiger partial charge is 0.248 e. The third-order valence-electron chi connectivity index (χ3n) is 8.51. The Morgan fingerprint density at radius 3 is 2.59 bits per heavy atom. The first-order valence-electron chi connectivity index (χ1n) is 14.9. The van der Waals surface area contributed by atoms with Crippen molar-refractivity contribution in [2.45, 2.75) is 57.0 Å². The van der Waals surface area contributed by atoms with Crippen LogP contribution in [0, 0.1) is 0 Å². The van der Waals surface area contributed by atoms with Crippen molar-refractivity contribution in [3.05, 3.63) is 53.6 Å². The van der Waals surface area contributed by atoms with E-state index >= 15 is 0 Å². The van der Waals surface area contributed by atoms with Gasteiger partial charge in [0.2, 0.25) is 5.91 Å². The van der Waals surface area contributed by atoms with Crippen LogP contribution in [0.1, 0.15) is 43.2 Å². The molecule has 3 heterocycles. The van der Waals surface area contributed by atoms with Crippen molar-refractivity contribution in [3.8, 4) is 11.5 Å². The molecule has 0 bridgehead atoms. The van der Waals surface area contributed by atoms with Gasteiger partial charge in [-0.25, -0.2) is 0 Å². The lowest BCUT2D eigenvalue weighted by atomic mass is 9.85. The van der Waals surface area contributed by atoms with Gasteiger partial charge in [0.15, 0.2) is 0 Å². The van der Waals surface area contributed by atoms with Gasteiger partial charge in [0.25, 0.3) is 0 Å². The topological polar surface area (TPSA) is 81.7 Å². The summed E-state index contributed by atoms with van der Waals surface area (Å²) >= 11 is 0. The molecule has 224 valence electrons. The van der Waals surface area contributed by atoms with Crippen LogP contribution in [0.15, 0.2) is 42.5 Å². The number of carbonyl (C=O) groups is 1. The average molecular weight is 568 g/mol. The number of ether oxygens (including phenoxy) is 5. The van der Waals surface area contributed by atoms with E-state index in [1.165, 1.54) is 0 Å². The van der Waals surface area contributed by atoms with Gasteiger partial charge in [-0.05, 0) is 61.6 Å². The summed E-state index contributed by atoms with van der Waals surface area (Å²) in [5, 5.41) is 3.49. The molecule has 2 fully saturated rings. The van der Waals surface area contributed by atoms with Crippen molar-refractivity contribution in [3.63, 3.8) is 0 Å². The lowest BCUT2D eigenvalue weighted by Gasteiger charge is -2.39. The summed E-state index contributed by atoms with van der Waals surface area (Å²) in [5.74, 6) is 1.76. The Labute approximate surface area is 244 Å². The fraction of sp³-hybridized carbons (Fsp3) is 0.594. The first-order chi connectivity index (χ1) is 20.1. The Bertz CT molecular complexity index is 1130. The maximum absolute atomic E-state index is 13.0. The highest BCUT2D eigenvalue weighted by molar-refractivity contribution is 5.78. The van der Waals surface area contributed by atoms with E-state index in [4.69, 9.17) is 23.7 Å². The zero-order chi connectivity index (χ0) is 28.6. The summed E-state index contributed by atoms with van der Waals surface area (Å²) in [6.45, 7) is 8.05. The maximum Gasteiger partial charge on any atom is 0.248 e. The predicted molar refractivity (Wildman–Crippen MR) is 158 cm³/mol. The van der Waals surface area contributed by atoms with Crippen molar-refractivity contribution in [2.75, 3.05) is 71.7 Å². The summed E-state index contributed by atoms with van der Waals surface area (Å²) in [6.07, 6.45) is 2.75. The van der Waals surface area contributed by atoms with Gasteiger partial charge in [0, 0.05) is 51.9 Å². The van der Waals surface area contributed by atoms with Crippen LogP contribution in [-0.4, -0.2) is 95.8 Å². The van der Waals surface area contributed by atoms with E-state index < -0.39 is 0 Å². The lowest BCUT2D eigenvalue weighted by Crippen LogP contribution is -2.51. The summed E-state index contributed by atoms with van der Waals surface area (Å²) < 4.78 is 29.6. The van der Waals surface area contributed by atoms with Crippen molar-refractivity contribution in [1.82, 2.24) is 10.2 Å². The Kier molecular flexibility index (Phi) is 10.4. The number of likely N-dealkylation sites (tertiary alicyclic amines) is 1. The highest BCUT2D eigenvalue weighted by Crippen LogP contribution is 2.35. The van der Waals surface area contributed by atoms with Crippen LogP contribution in [0.2, 0.25) is 0 Å². The number of hydrogen-bond donors (Lipinski definition) is 1. The Hall–Kier alpha value is -2.85. The SMILES string of the molecule is COCCCN1CCOc2ccc(CO[C@H]3CNC[C@@H](OCC(=O)N4CCC[C@H]4C)[C@@H]3c3ccc(OC)cc3)cc21. The number of amides is 1. The number of rotatable bonds is 12. The zero-order valence-electron chi connectivity index (χ0n) is 24.7. The third kappa shape index (κ3) is 7.33. The van der Waals surface area contributed by atoms with Gasteiger partial charge in [-0.3, -0.25) is 4.79 Å². The second-order valence-corrected chi connectivity index (χ2v) is 11.2. The lowest BCUT2D eigenvalue weighted by molar-refractivity contribution is -0.141. The normalized spacial score (nSPS) is 24.2. The summed E-state index contributed by atoms with van der Waals surface area (Å²) in [6, 6.07) is 14.7. The number of nitrogens with zero attached hydrogens (tertiary/aromatic N) is 2. The Morgan fingerprint density at radius 1 is 1.05 bits per heavy atom. The molecule has 41 heavy (non-hydrogen) atoms. The molecule has 0 spiro atoms. The van der Waals surface area contributed by atoms with Gasteiger partial charge in [-0.2, -0.15) is 0 Å². The average Bonchev–Trinajstić information content (AvgIpc) is 3.45. The fourth-order valence-electron chi connectivity index (χ4n) is 6.25. The van der Waals surface area contributed by atoms with Crippen molar-refractivity contribution < 1.29 is 28.5 Å². The van der Waals surface area contributed by atoms with Crippen LogP contribution >= 0.6 is 0 Å². The number of benzene rings is 2. The molecule has 0 aliphatic carbocycles. The number of carbonyl (C=O) groups excluding carboxylic acids is 1. The van der Waals surface area contributed by atoms with Crippen LogP contribution in [0.3, 0.4) is 0 Å². The second kappa shape index (κ2) is 14.4. The Morgan fingerprint density at radius 2 is 1.85 bits per heavy atom. The van der Waals surface area contributed by atoms with Crippen LogP contribution in [-0.2, 0) is 25.6 Å². The molecule has 1 amide bonds. The number of hydrogen-bond acceptors (Lipinski definition) is 8. The zero-order valence-corrected chi connectivity index (χ0v) is 24.7. The minimum Gasteiger partial charge on any atom is -0.497 e. The molecule has 9 nitrogen and oxygen atoms in total. The minimum atomic E-state index is -0.197. The number of piperidine rings is 1. The molecule has 3 aliphatic rings. The monoisotopic (exact) mass is 567 g/mol. The molecule has 2 saturated heterocycles. The van der Waals surface area contributed by atoms with Gasteiger partial charge in [0.1, 0.15) is 24.7 Å². The van der Waals surface area contributed by atoms with Crippen LogP contribution in [0.4, 0.5) is 5.69 Å². The van der Waals surface area contributed by atoms with E-state index in [1.807, 2.05) is 23.1 Å². The molecule has 1 N–H and O–H groups in total. The van der Waals surface area contributed by atoms with Gasteiger partial charge in [-0.15, -0.1) is 0 Å². The molecular formula is C32H45N3O6. The molecule has 0 aromatic heterocycles. The van der Waals surface area contributed by atoms with E-state index in [0.29, 0.717) is 26.3 Å². The highest BCUT2D eigenvalue weighted by atomic mass is 16.5. The van der Waals surface area contributed by atoms with Crippen molar-refractivity contribution in [1.29, 1.82) is 0 Å².